The number of rotatable bonds is 10. The van der Waals surface area contributed by atoms with Crippen LogP contribution in [0.25, 0.3) is 0 Å². The third kappa shape index (κ3) is 6.53. The Kier molecular flexibility index (Phi) is 8.77. The molecule has 2 unspecified atom stereocenters. The number of benzene rings is 2. The molecule has 0 aromatic heterocycles. The Labute approximate surface area is 223 Å². The van der Waals surface area contributed by atoms with Crippen LogP contribution in [-0.2, 0) is 24.8 Å². The Morgan fingerprint density at radius 3 is 2.58 bits per heavy atom. The van der Waals surface area contributed by atoms with E-state index in [4.69, 9.17) is 9.47 Å². The minimum Gasteiger partial charge on any atom is -0.491 e. The Bertz CT molecular complexity index is 1350. The molecule has 2 heterocycles. The summed E-state index contributed by atoms with van der Waals surface area (Å²) in [6.07, 6.45) is 0.945. The van der Waals surface area contributed by atoms with Crippen molar-refractivity contribution in [3.8, 4) is 5.75 Å². The molecule has 38 heavy (non-hydrogen) atoms. The van der Waals surface area contributed by atoms with Gasteiger partial charge in [0.25, 0.3) is 0 Å². The van der Waals surface area contributed by atoms with Crippen molar-refractivity contribution in [2.24, 2.45) is 0 Å². The number of aryl methyl sites for hydroxylation is 1. The molecule has 2 aromatic rings. The van der Waals surface area contributed by atoms with Gasteiger partial charge in [0.05, 0.1) is 22.0 Å². The lowest BCUT2D eigenvalue weighted by molar-refractivity contribution is -0.0312. The molecule has 13 heteroatoms. The largest absolute Gasteiger partial charge is 0.491 e. The first-order valence-corrected chi connectivity index (χ1v) is 15.3. The predicted molar refractivity (Wildman–Crippen MR) is 138 cm³/mol. The number of nitrogens with one attached hydrogen (secondary N) is 2. The first-order chi connectivity index (χ1) is 17.9. The van der Waals surface area contributed by atoms with Gasteiger partial charge in [-0.3, -0.25) is 0 Å². The molecular formula is C25H34FN3O7S2. The van der Waals surface area contributed by atoms with Crippen LogP contribution in [0.5, 0.6) is 5.75 Å². The lowest BCUT2D eigenvalue weighted by Gasteiger charge is -2.38. The van der Waals surface area contributed by atoms with Gasteiger partial charge in [-0.1, -0.05) is 6.07 Å². The van der Waals surface area contributed by atoms with Gasteiger partial charge in [-0.2, -0.15) is 4.31 Å². The zero-order valence-electron chi connectivity index (χ0n) is 21.4. The monoisotopic (exact) mass is 571 g/mol. The van der Waals surface area contributed by atoms with E-state index >= 15 is 0 Å². The zero-order valence-corrected chi connectivity index (χ0v) is 23.0. The number of aliphatic hydroxyl groups excluding tert-OH is 1. The first kappa shape index (κ1) is 28.9. The summed E-state index contributed by atoms with van der Waals surface area (Å²) in [6, 6.07) is 9.86. The summed E-state index contributed by atoms with van der Waals surface area (Å²) in [4.78, 5) is 0.163. The number of halogens is 1. The smallest absolute Gasteiger partial charge is 0.243 e. The number of hydrogen-bond acceptors (Lipinski definition) is 8. The molecule has 2 aromatic carbocycles. The molecule has 2 saturated heterocycles. The van der Waals surface area contributed by atoms with Crippen LogP contribution < -0.4 is 14.8 Å². The van der Waals surface area contributed by atoms with Crippen LogP contribution in [0, 0.1) is 12.7 Å². The summed E-state index contributed by atoms with van der Waals surface area (Å²) >= 11 is 0. The molecule has 2 aliphatic rings. The summed E-state index contributed by atoms with van der Waals surface area (Å²) in [6.45, 7) is 2.83. The van der Waals surface area contributed by atoms with Gasteiger partial charge in [-0.25, -0.2) is 25.9 Å². The highest BCUT2D eigenvalue weighted by atomic mass is 32.2. The molecule has 1 spiro atoms. The van der Waals surface area contributed by atoms with Crippen molar-refractivity contribution in [2.75, 3.05) is 39.9 Å². The van der Waals surface area contributed by atoms with Crippen LogP contribution in [0.4, 0.5) is 4.39 Å². The van der Waals surface area contributed by atoms with E-state index in [9.17, 15) is 26.3 Å². The summed E-state index contributed by atoms with van der Waals surface area (Å²) in [7, 11) is -5.98. The highest BCUT2D eigenvalue weighted by Gasteiger charge is 2.44. The van der Waals surface area contributed by atoms with Gasteiger partial charge in [-0.15, -0.1) is 0 Å². The maximum Gasteiger partial charge on any atom is 0.243 e. The van der Waals surface area contributed by atoms with Crippen LogP contribution >= 0.6 is 0 Å². The van der Waals surface area contributed by atoms with Crippen LogP contribution in [0.1, 0.15) is 24.8 Å². The van der Waals surface area contributed by atoms with Crippen LogP contribution in [0.3, 0.4) is 0 Å². The molecule has 2 fully saturated rings. The fraction of sp³-hybridized carbons (Fsp3) is 0.520. The maximum absolute atomic E-state index is 13.6. The van der Waals surface area contributed by atoms with Crippen molar-refractivity contribution in [1.82, 2.24) is 14.3 Å². The summed E-state index contributed by atoms with van der Waals surface area (Å²) in [5.41, 5.74) is -0.140. The molecule has 10 nitrogen and oxygen atoms in total. The second-order valence-corrected chi connectivity index (χ2v) is 13.6. The van der Waals surface area contributed by atoms with E-state index in [0.29, 0.717) is 44.7 Å². The fourth-order valence-corrected chi connectivity index (χ4v) is 7.08. The predicted octanol–water partition coefficient (Wildman–Crippen LogP) is 1.38. The minimum atomic E-state index is -3.71. The summed E-state index contributed by atoms with van der Waals surface area (Å²) in [5.74, 6) is -0.105. The molecule has 4 rings (SSSR count). The van der Waals surface area contributed by atoms with Gasteiger partial charge in [0, 0.05) is 31.7 Å². The number of nitrogens with zero attached hydrogens (tertiary/aromatic N) is 1. The number of piperidine rings is 1. The normalized spacial score (nSPS) is 21.0. The Hall–Kier alpha value is -2.13. The quantitative estimate of drug-likeness (QED) is 0.390. The Balaban J connectivity index is 1.23. The van der Waals surface area contributed by atoms with Gasteiger partial charge in [-0.05, 0) is 69.1 Å². The van der Waals surface area contributed by atoms with Crippen molar-refractivity contribution >= 4 is 20.0 Å². The molecule has 3 N–H and O–H groups in total. The third-order valence-corrected chi connectivity index (χ3v) is 10.4. The van der Waals surface area contributed by atoms with Gasteiger partial charge >= 0.3 is 0 Å². The van der Waals surface area contributed by atoms with Gasteiger partial charge in [0.15, 0.2) is 0 Å². The highest BCUT2D eigenvalue weighted by molar-refractivity contribution is 7.89. The first-order valence-electron chi connectivity index (χ1n) is 12.4. The average Bonchev–Trinajstić information content (AvgIpc) is 3.30. The van der Waals surface area contributed by atoms with E-state index < -0.39 is 37.6 Å². The molecular weight excluding hydrogens is 537 g/mol. The van der Waals surface area contributed by atoms with Crippen molar-refractivity contribution < 1.29 is 35.8 Å². The lowest BCUT2D eigenvalue weighted by Crippen LogP contribution is -2.47. The van der Waals surface area contributed by atoms with E-state index in [1.165, 1.54) is 48.6 Å². The highest BCUT2D eigenvalue weighted by Crippen LogP contribution is 2.37. The van der Waals surface area contributed by atoms with E-state index in [0.717, 1.165) is 0 Å². The Morgan fingerprint density at radius 2 is 1.89 bits per heavy atom. The van der Waals surface area contributed by atoms with Crippen molar-refractivity contribution in [3.05, 3.63) is 53.8 Å². The SMILES string of the molecule is CNS(=O)(=O)c1cccc(OCC(O)CNC2COC3(CCN(S(=O)(=O)c4ccc(F)c(C)c4)CC3)C2)c1. The van der Waals surface area contributed by atoms with Crippen LogP contribution in [0.2, 0.25) is 0 Å². The molecule has 0 amide bonds. The van der Waals surface area contributed by atoms with Crippen LogP contribution in [0.15, 0.2) is 52.3 Å². The van der Waals surface area contributed by atoms with Gasteiger partial charge in [0.1, 0.15) is 24.3 Å². The lowest BCUT2D eigenvalue weighted by atomic mass is 9.88. The number of aliphatic hydroxyl groups is 1. The fourth-order valence-electron chi connectivity index (χ4n) is 4.79. The molecule has 210 valence electrons. The Morgan fingerprint density at radius 1 is 1.16 bits per heavy atom. The average molecular weight is 572 g/mol. The molecule has 0 bridgehead atoms. The maximum atomic E-state index is 13.6. The zero-order chi connectivity index (χ0) is 27.6. The molecule has 0 saturated carbocycles. The summed E-state index contributed by atoms with van der Waals surface area (Å²) < 4.78 is 78.9. The molecule has 2 aliphatic heterocycles. The third-order valence-electron chi connectivity index (χ3n) is 7.08. The number of sulfonamides is 2. The topological polar surface area (TPSA) is 134 Å². The second-order valence-electron chi connectivity index (χ2n) is 9.77. The molecule has 2 atom stereocenters. The van der Waals surface area contributed by atoms with Crippen molar-refractivity contribution in [2.45, 2.75) is 53.7 Å². The van der Waals surface area contributed by atoms with Crippen LogP contribution in [-0.4, -0.2) is 83.9 Å². The van der Waals surface area contributed by atoms with Gasteiger partial charge in [0.2, 0.25) is 20.0 Å². The number of hydrogen-bond donors (Lipinski definition) is 3. The van der Waals surface area contributed by atoms with Crippen molar-refractivity contribution in [1.29, 1.82) is 0 Å². The molecule has 0 radical (unpaired) electrons. The standard InChI is InChI=1S/C25H34FN3O7S2/c1-18-12-23(6-7-24(18)26)38(33,34)29-10-8-25(9-11-29)14-19(16-36-25)28-15-20(30)17-35-21-4-3-5-22(13-21)37(31,32)27-2/h3-7,12-13,19-20,27-28,30H,8-11,14-17H2,1-2H3. The van der Waals surface area contributed by atoms with Crippen molar-refractivity contribution in [3.63, 3.8) is 0 Å². The number of ether oxygens (including phenoxy) is 2. The van der Waals surface area contributed by atoms with E-state index in [-0.39, 0.29) is 34.5 Å². The second kappa shape index (κ2) is 11.5. The van der Waals surface area contributed by atoms with E-state index in [1.807, 2.05) is 0 Å². The van der Waals surface area contributed by atoms with E-state index in [2.05, 4.69) is 10.0 Å². The van der Waals surface area contributed by atoms with Gasteiger partial charge < -0.3 is 19.9 Å². The molecule has 0 aliphatic carbocycles. The minimum absolute atomic E-state index is 0.00310. The van der Waals surface area contributed by atoms with E-state index in [1.54, 1.807) is 12.1 Å². The summed E-state index contributed by atoms with van der Waals surface area (Å²) in [5, 5.41) is 13.6.